The molecular weight excluding hydrogens is 264 g/mol. The first-order valence-electron chi connectivity index (χ1n) is 6.80. The number of rotatable bonds is 8. The Morgan fingerprint density at radius 2 is 1.89 bits per heavy atom. The van der Waals surface area contributed by atoms with Crippen LogP contribution in [-0.4, -0.2) is 39.3 Å². The zero-order valence-corrected chi connectivity index (χ0v) is 13.3. The van der Waals surface area contributed by atoms with Crippen molar-refractivity contribution in [2.45, 2.75) is 46.6 Å². The molecule has 0 rings (SSSR count). The summed E-state index contributed by atoms with van der Waals surface area (Å²) in [6.07, 6.45) is 2.20. The highest BCUT2D eigenvalue weighted by Gasteiger charge is 2.07. The lowest BCUT2D eigenvalue weighted by Gasteiger charge is -2.18. The minimum atomic E-state index is -3.45. The largest absolute Gasteiger partial charge is 0.357 e. The summed E-state index contributed by atoms with van der Waals surface area (Å²) in [6, 6.07) is 0.301. The van der Waals surface area contributed by atoms with E-state index >= 15 is 0 Å². The van der Waals surface area contributed by atoms with Crippen molar-refractivity contribution >= 4 is 16.0 Å². The lowest BCUT2D eigenvalue weighted by molar-refractivity contribution is 0.489. The summed E-state index contributed by atoms with van der Waals surface area (Å²) in [7, 11) is -3.45. The minimum Gasteiger partial charge on any atom is -0.357 e. The molecule has 6 nitrogen and oxygen atoms in total. The van der Waals surface area contributed by atoms with Gasteiger partial charge in [-0.05, 0) is 32.6 Å². The topological polar surface area (TPSA) is 96.6 Å². The minimum absolute atomic E-state index is 0.135. The monoisotopic (exact) mass is 292 g/mol. The molecule has 0 aromatic heterocycles. The molecule has 1 atom stereocenters. The van der Waals surface area contributed by atoms with Crippen LogP contribution in [0.1, 0.15) is 40.5 Å². The van der Waals surface area contributed by atoms with Gasteiger partial charge in [-0.15, -0.1) is 0 Å². The van der Waals surface area contributed by atoms with Gasteiger partial charge >= 0.3 is 0 Å². The van der Waals surface area contributed by atoms with Crippen LogP contribution in [0.4, 0.5) is 0 Å². The van der Waals surface area contributed by atoms with E-state index < -0.39 is 10.0 Å². The smallest absolute Gasteiger partial charge is 0.210 e. The number of sulfonamides is 1. The van der Waals surface area contributed by atoms with Crippen LogP contribution in [0.5, 0.6) is 0 Å². The van der Waals surface area contributed by atoms with Crippen LogP contribution in [0, 0.1) is 5.92 Å². The first kappa shape index (κ1) is 18.2. The normalized spacial score (nSPS) is 14.5. The molecule has 0 fully saturated rings. The molecule has 0 aliphatic rings. The molecule has 0 heterocycles. The summed E-state index contributed by atoms with van der Waals surface area (Å²) in [4.78, 5) is 4.20. The molecule has 19 heavy (non-hydrogen) atoms. The lowest BCUT2D eigenvalue weighted by Crippen LogP contribution is -2.42. The fourth-order valence-corrected chi connectivity index (χ4v) is 1.84. The molecule has 7 heteroatoms. The molecule has 0 saturated heterocycles. The maximum absolute atomic E-state index is 10.8. The van der Waals surface area contributed by atoms with Gasteiger partial charge in [0.05, 0.1) is 12.3 Å². The second-order valence-corrected chi connectivity index (χ2v) is 6.88. The number of hydrogen-bond acceptors (Lipinski definition) is 3. The van der Waals surface area contributed by atoms with Crippen LogP contribution in [-0.2, 0) is 10.0 Å². The Kier molecular flexibility index (Phi) is 8.75. The van der Waals surface area contributed by atoms with Crippen molar-refractivity contribution in [3.8, 4) is 0 Å². The third-order valence-corrected chi connectivity index (χ3v) is 3.30. The van der Waals surface area contributed by atoms with Gasteiger partial charge in [-0.2, -0.15) is 0 Å². The molecule has 114 valence electrons. The molecule has 0 amide bonds. The summed E-state index contributed by atoms with van der Waals surface area (Å²) in [5, 5.41) is 11.3. The van der Waals surface area contributed by atoms with Gasteiger partial charge in [-0.3, -0.25) is 4.99 Å². The summed E-state index contributed by atoms with van der Waals surface area (Å²) >= 11 is 0. The van der Waals surface area contributed by atoms with E-state index in [-0.39, 0.29) is 12.3 Å². The first-order valence-corrected chi connectivity index (χ1v) is 8.51. The molecule has 0 radical (unpaired) electrons. The number of hydrogen-bond donors (Lipinski definition) is 3. The Labute approximate surface area is 117 Å². The zero-order chi connectivity index (χ0) is 14.9. The first-order chi connectivity index (χ1) is 8.74. The van der Waals surface area contributed by atoms with Crippen molar-refractivity contribution in [2.24, 2.45) is 16.0 Å². The van der Waals surface area contributed by atoms with Crippen molar-refractivity contribution in [1.29, 1.82) is 0 Å². The number of nitrogens with two attached hydrogens (primary N) is 1. The van der Waals surface area contributed by atoms with Crippen LogP contribution >= 0.6 is 0 Å². The van der Waals surface area contributed by atoms with Crippen LogP contribution in [0.3, 0.4) is 0 Å². The Balaban J connectivity index is 4.27. The van der Waals surface area contributed by atoms with Gasteiger partial charge < -0.3 is 10.6 Å². The second-order valence-electron chi connectivity index (χ2n) is 5.14. The third-order valence-electron chi connectivity index (χ3n) is 2.55. The molecule has 0 spiro atoms. The maximum Gasteiger partial charge on any atom is 0.210 e. The molecule has 0 aliphatic carbocycles. The Bertz CT molecular complexity index is 366. The van der Waals surface area contributed by atoms with Gasteiger partial charge in [0.1, 0.15) is 0 Å². The molecule has 1 unspecified atom stereocenters. The highest BCUT2D eigenvalue weighted by Crippen LogP contribution is 2.06. The summed E-state index contributed by atoms with van der Waals surface area (Å²) in [5.41, 5.74) is 0. The summed E-state index contributed by atoms with van der Waals surface area (Å²) in [5.74, 6) is 1.18. The van der Waals surface area contributed by atoms with Crippen LogP contribution in [0.15, 0.2) is 4.99 Å². The Morgan fingerprint density at radius 3 is 2.37 bits per heavy atom. The van der Waals surface area contributed by atoms with Gasteiger partial charge in [-0.1, -0.05) is 13.8 Å². The van der Waals surface area contributed by atoms with E-state index in [0.29, 0.717) is 17.9 Å². The molecular formula is C12H28N4O2S. The Morgan fingerprint density at radius 1 is 1.26 bits per heavy atom. The standard InChI is InChI=1S/C12H28N4O2S/c1-5-14-12(15-8-9-19(13,17)18)16-11(4)7-6-10(2)3/h10-11H,5-9H2,1-4H3,(H2,13,17,18)(H2,14,15,16). The number of nitrogens with one attached hydrogen (secondary N) is 2. The number of guanidine groups is 1. The van der Waals surface area contributed by atoms with Gasteiger partial charge in [0.15, 0.2) is 5.96 Å². The third kappa shape index (κ3) is 12.0. The quantitative estimate of drug-likeness (QED) is 0.452. The molecule has 0 aliphatic heterocycles. The van der Waals surface area contributed by atoms with Crippen LogP contribution in [0.2, 0.25) is 0 Å². The molecule has 0 aromatic rings. The fourth-order valence-electron chi connectivity index (χ4n) is 1.49. The fraction of sp³-hybridized carbons (Fsp3) is 0.917. The SMILES string of the molecule is CCNC(=NCCS(N)(=O)=O)NC(C)CCC(C)C. The Hall–Kier alpha value is -0.820. The van der Waals surface area contributed by atoms with E-state index in [9.17, 15) is 8.42 Å². The number of primary sulfonamides is 1. The van der Waals surface area contributed by atoms with Crippen molar-refractivity contribution in [1.82, 2.24) is 10.6 Å². The highest BCUT2D eigenvalue weighted by molar-refractivity contribution is 7.89. The predicted molar refractivity (Wildman–Crippen MR) is 80.6 cm³/mol. The van der Waals surface area contributed by atoms with Gasteiger partial charge in [0.2, 0.25) is 10.0 Å². The van der Waals surface area contributed by atoms with E-state index in [1.165, 1.54) is 0 Å². The van der Waals surface area contributed by atoms with E-state index in [1.807, 2.05) is 6.92 Å². The van der Waals surface area contributed by atoms with Gasteiger partial charge in [0, 0.05) is 12.6 Å². The van der Waals surface area contributed by atoms with E-state index in [2.05, 4.69) is 36.4 Å². The average Bonchev–Trinajstić information content (AvgIpc) is 2.24. The number of aliphatic imine (C=N–C) groups is 1. The average molecular weight is 292 g/mol. The highest BCUT2D eigenvalue weighted by atomic mass is 32.2. The van der Waals surface area contributed by atoms with Crippen molar-refractivity contribution in [3.05, 3.63) is 0 Å². The van der Waals surface area contributed by atoms with Gasteiger partial charge in [0.25, 0.3) is 0 Å². The molecule has 0 saturated carbocycles. The predicted octanol–water partition coefficient (Wildman–Crippen LogP) is 0.655. The molecule has 0 bridgehead atoms. The van der Waals surface area contributed by atoms with Crippen LogP contribution < -0.4 is 15.8 Å². The molecule has 0 aromatic carbocycles. The van der Waals surface area contributed by atoms with Crippen molar-refractivity contribution < 1.29 is 8.42 Å². The summed E-state index contributed by atoms with van der Waals surface area (Å²) < 4.78 is 21.7. The zero-order valence-electron chi connectivity index (χ0n) is 12.4. The molecule has 4 N–H and O–H groups in total. The lowest BCUT2D eigenvalue weighted by atomic mass is 10.0. The second kappa shape index (κ2) is 9.14. The van der Waals surface area contributed by atoms with Gasteiger partial charge in [-0.25, -0.2) is 13.6 Å². The van der Waals surface area contributed by atoms with E-state index in [1.54, 1.807) is 0 Å². The maximum atomic E-state index is 10.8. The van der Waals surface area contributed by atoms with Crippen molar-refractivity contribution in [3.63, 3.8) is 0 Å². The summed E-state index contributed by atoms with van der Waals surface area (Å²) in [6.45, 7) is 9.35. The van der Waals surface area contributed by atoms with E-state index in [0.717, 1.165) is 19.4 Å². The van der Waals surface area contributed by atoms with E-state index in [4.69, 9.17) is 5.14 Å². The number of nitrogens with zero attached hydrogens (tertiary/aromatic N) is 1. The van der Waals surface area contributed by atoms with Crippen LogP contribution in [0.25, 0.3) is 0 Å². The van der Waals surface area contributed by atoms with Crippen molar-refractivity contribution in [2.75, 3.05) is 18.8 Å².